The fourth-order valence-electron chi connectivity index (χ4n) is 1.71. The van der Waals surface area contributed by atoms with E-state index in [-0.39, 0.29) is 12.5 Å². The van der Waals surface area contributed by atoms with E-state index in [1.165, 1.54) is 0 Å². The van der Waals surface area contributed by atoms with Crippen molar-refractivity contribution < 1.29 is 14.3 Å². The second kappa shape index (κ2) is 12.4. The Morgan fingerprint density at radius 2 is 1.78 bits per heavy atom. The third kappa shape index (κ3) is 8.80. The summed E-state index contributed by atoms with van der Waals surface area (Å²) in [7, 11) is 1.87. The lowest BCUT2D eigenvalue weighted by atomic mass is 10.1. The van der Waals surface area contributed by atoms with Crippen LogP contribution in [0.1, 0.15) is 15.9 Å². The van der Waals surface area contributed by atoms with Gasteiger partial charge >= 0.3 is 0 Å². The van der Waals surface area contributed by atoms with Crippen LogP contribution in [0.15, 0.2) is 29.4 Å². The van der Waals surface area contributed by atoms with E-state index in [0.717, 1.165) is 12.1 Å². The molecule has 0 aromatic heterocycles. The minimum absolute atomic E-state index is 0.158. The summed E-state index contributed by atoms with van der Waals surface area (Å²) in [5, 5.41) is 9.23. The molecule has 0 saturated carbocycles. The molecule has 0 aliphatic rings. The number of nitrogens with one attached hydrogen (secondary N) is 2. The van der Waals surface area contributed by atoms with E-state index in [4.69, 9.17) is 15.0 Å². The van der Waals surface area contributed by atoms with Crippen molar-refractivity contribution in [3.63, 3.8) is 0 Å². The fraction of sp³-hybridized carbons (Fsp3) is 0.533. The lowest BCUT2D eigenvalue weighted by Crippen LogP contribution is -2.27. The number of azide groups is 1. The van der Waals surface area contributed by atoms with Crippen LogP contribution in [0.4, 0.5) is 0 Å². The fourth-order valence-corrected chi connectivity index (χ4v) is 1.71. The van der Waals surface area contributed by atoms with Gasteiger partial charge in [-0.15, -0.1) is 0 Å². The van der Waals surface area contributed by atoms with Gasteiger partial charge in [-0.1, -0.05) is 17.2 Å². The van der Waals surface area contributed by atoms with Crippen molar-refractivity contribution in [2.45, 2.75) is 6.54 Å². The third-order valence-corrected chi connectivity index (χ3v) is 2.93. The molecule has 0 fully saturated rings. The molecule has 0 atom stereocenters. The highest BCUT2D eigenvalue weighted by molar-refractivity contribution is 5.94. The lowest BCUT2D eigenvalue weighted by molar-refractivity contribution is 0.0497. The maximum Gasteiger partial charge on any atom is 0.251 e. The van der Waals surface area contributed by atoms with E-state index >= 15 is 0 Å². The van der Waals surface area contributed by atoms with Gasteiger partial charge < -0.3 is 20.1 Å². The summed E-state index contributed by atoms with van der Waals surface area (Å²) in [6.45, 7) is 3.69. The molecule has 1 rings (SSSR count). The number of nitrogens with zero attached hydrogens (tertiary/aromatic N) is 3. The van der Waals surface area contributed by atoms with Gasteiger partial charge in [0.2, 0.25) is 0 Å². The van der Waals surface area contributed by atoms with Crippen LogP contribution in [0.25, 0.3) is 10.4 Å². The molecule has 0 saturated heterocycles. The quantitative estimate of drug-likeness (QED) is 0.263. The molecule has 1 aromatic rings. The predicted molar refractivity (Wildman–Crippen MR) is 87.2 cm³/mol. The highest BCUT2D eigenvalue weighted by Gasteiger charge is 2.04. The average Bonchev–Trinajstić information content (AvgIpc) is 2.58. The molecule has 23 heavy (non-hydrogen) atoms. The van der Waals surface area contributed by atoms with Gasteiger partial charge in [-0.2, -0.15) is 0 Å². The number of hydrogen-bond donors (Lipinski definition) is 2. The Morgan fingerprint density at radius 1 is 1.13 bits per heavy atom. The molecule has 0 bridgehead atoms. The number of carbonyl (C=O) groups excluding carboxylic acids is 1. The number of hydrogen-bond acceptors (Lipinski definition) is 5. The molecule has 8 nitrogen and oxygen atoms in total. The van der Waals surface area contributed by atoms with Crippen molar-refractivity contribution in [1.29, 1.82) is 0 Å². The Hall–Kier alpha value is -2.12. The molecule has 2 N–H and O–H groups in total. The van der Waals surface area contributed by atoms with Crippen molar-refractivity contribution in [2.24, 2.45) is 5.11 Å². The molecule has 0 spiro atoms. The van der Waals surface area contributed by atoms with E-state index in [2.05, 4.69) is 20.7 Å². The second-order valence-corrected chi connectivity index (χ2v) is 4.67. The van der Waals surface area contributed by atoms with Gasteiger partial charge in [0.1, 0.15) is 0 Å². The lowest BCUT2D eigenvalue weighted by Gasteiger charge is -2.07. The predicted octanol–water partition coefficient (Wildman–Crippen LogP) is 1.48. The molecule has 0 heterocycles. The van der Waals surface area contributed by atoms with Crippen LogP contribution in [0.2, 0.25) is 0 Å². The monoisotopic (exact) mass is 321 g/mol. The maximum absolute atomic E-state index is 11.9. The molecule has 0 radical (unpaired) electrons. The molecule has 1 aromatic carbocycles. The van der Waals surface area contributed by atoms with Crippen LogP contribution in [0.3, 0.4) is 0 Å². The molecular formula is C15H23N5O3. The average molecular weight is 321 g/mol. The summed E-state index contributed by atoms with van der Waals surface area (Å²) in [6, 6.07) is 6.94. The number of ether oxygens (including phenoxy) is 2. The number of likely N-dealkylation sites (N-methyl/N-ethyl adjacent to an activating group) is 1. The molecule has 1 amide bonds. The Kier molecular flexibility index (Phi) is 10.2. The zero-order valence-electron chi connectivity index (χ0n) is 13.3. The van der Waals surface area contributed by atoms with Crippen LogP contribution in [0.5, 0.6) is 0 Å². The molecule has 8 heteroatoms. The van der Waals surface area contributed by atoms with Gasteiger partial charge in [0.15, 0.2) is 0 Å². The van der Waals surface area contributed by atoms with E-state index in [9.17, 15) is 4.79 Å². The molecule has 126 valence electrons. The van der Waals surface area contributed by atoms with Crippen molar-refractivity contribution in [3.8, 4) is 0 Å². The van der Waals surface area contributed by atoms with Crippen molar-refractivity contribution in [2.75, 3.05) is 46.6 Å². The van der Waals surface area contributed by atoms with Gasteiger partial charge in [-0.3, -0.25) is 4.79 Å². The van der Waals surface area contributed by atoms with Gasteiger partial charge in [0.25, 0.3) is 5.91 Å². The van der Waals surface area contributed by atoms with Crippen LogP contribution in [-0.2, 0) is 16.0 Å². The third-order valence-electron chi connectivity index (χ3n) is 2.93. The first-order chi connectivity index (χ1) is 11.3. The Labute approximate surface area is 135 Å². The Morgan fingerprint density at radius 3 is 2.39 bits per heavy atom. The SMILES string of the molecule is CNCCOCCOCCNC(=O)c1ccc(CN=[N+]=[N-])cc1. The van der Waals surface area contributed by atoms with Gasteiger partial charge in [-0.25, -0.2) is 0 Å². The smallest absolute Gasteiger partial charge is 0.251 e. The maximum atomic E-state index is 11.9. The van der Waals surface area contributed by atoms with E-state index in [1.807, 2.05) is 7.05 Å². The zero-order chi connectivity index (χ0) is 16.8. The summed E-state index contributed by atoms with van der Waals surface area (Å²) in [4.78, 5) is 14.6. The number of amides is 1. The summed E-state index contributed by atoms with van der Waals surface area (Å²) in [5.74, 6) is -0.158. The standard InChI is InChI=1S/C15H23N5O3/c1-17-6-8-22-10-11-23-9-7-18-15(21)14-4-2-13(3-5-14)12-19-20-16/h2-5,17H,6-12H2,1H3,(H,18,21). The van der Waals surface area contributed by atoms with Crippen LogP contribution in [0, 0.1) is 0 Å². The number of carbonyl (C=O) groups is 1. The summed E-state index contributed by atoms with van der Waals surface area (Å²) in [5.41, 5.74) is 9.68. The first-order valence-corrected chi connectivity index (χ1v) is 7.46. The topological polar surface area (TPSA) is 108 Å². The largest absolute Gasteiger partial charge is 0.378 e. The van der Waals surface area contributed by atoms with Gasteiger partial charge in [0.05, 0.1) is 33.0 Å². The number of rotatable bonds is 12. The minimum atomic E-state index is -0.158. The molecule has 0 unspecified atom stereocenters. The van der Waals surface area contributed by atoms with Crippen LogP contribution < -0.4 is 10.6 Å². The van der Waals surface area contributed by atoms with Crippen molar-refractivity contribution in [1.82, 2.24) is 10.6 Å². The number of benzene rings is 1. The van der Waals surface area contributed by atoms with Crippen molar-refractivity contribution in [3.05, 3.63) is 45.8 Å². The molecule has 0 aliphatic carbocycles. The highest BCUT2D eigenvalue weighted by atomic mass is 16.5. The summed E-state index contributed by atoms with van der Waals surface area (Å²) < 4.78 is 10.7. The normalized spacial score (nSPS) is 10.1. The first kappa shape index (κ1) is 18.9. The second-order valence-electron chi connectivity index (χ2n) is 4.67. The van der Waals surface area contributed by atoms with E-state index in [1.54, 1.807) is 24.3 Å². The van der Waals surface area contributed by atoms with E-state index in [0.29, 0.717) is 38.5 Å². The summed E-state index contributed by atoms with van der Waals surface area (Å²) >= 11 is 0. The van der Waals surface area contributed by atoms with Crippen LogP contribution >= 0.6 is 0 Å². The zero-order valence-corrected chi connectivity index (χ0v) is 13.3. The minimum Gasteiger partial charge on any atom is -0.378 e. The molecular weight excluding hydrogens is 298 g/mol. The Balaban J connectivity index is 2.13. The van der Waals surface area contributed by atoms with Gasteiger partial charge in [0, 0.05) is 23.6 Å². The van der Waals surface area contributed by atoms with E-state index < -0.39 is 0 Å². The first-order valence-electron chi connectivity index (χ1n) is 7.46. The Bertz CT molecular complexity index is 500. The molecule has 0 aliphatic heterocycles. The van der Waals surface area contributed by atoms with Crippen molar-refractivity contribution >= 4 is 5.91 Å². The van der Waals surface area contributed by atoms with Gasteiger partial charge in [-0.05, 0) is 30.3 Å². The highest BCUT2D eigenvalue weighted by Crippen LogP contribution is 2.05. The summed E-state index contributed by atoms with van der Waals surface area (Å²) in [6.07, 6.45) is 0. The van der Waals surface area contributed by atoms with Crippen LogP contribution in [-0.4, -0.2) is 52.5 Å².